The van der Waals surface area contributed by atoms with Crippen LogP contribution in [0.4, 0.5) is 4.39 Å². The lowest BCUT2D eigenvalue weighted by Gasteiger charge is -2.29. The van der Waals surface area contributed by atoms with Crippen LogP contribution >= 0.6 is 0 Å². The summed E-state index contributed by atoms with van der Waals surface area (Å²) in [7, 11) is 0. The molecule has 0 fully saturated rings. The van der Waals surface area contributed by atoms with Gasteiger partial charge >= 0.3 is 0 Å². The lowest BCUT2D eigenvalue weighted by atomic mass is 9.86. The van der Waals surface area contributed by atoms with Gasteiger partial charge in [-0.05, 0) is 73.7 Å². The van der Waals surface area contributed by atoms with Crippen molar-refractivity contribution in [3.63, 3.8) is 0 Å². The Balaban J connectivity index is 1.88. The number of hydrogen-bond acceptors (Lipinski definition) is 1. The normalized spacial score (nSPS) is 15.2. The van der Waals surface area contributed by atoms with Crippen LogP contribution in [0.1, 0.15) is 56.9 Å². The smallest absolute Gasteiger partial charge is 0.132 e. The Kier molecular flexibility index (Phi) is 4.53. The Morgan fingerprint density at radius 2 is 1.75 bits per heavy atom. The molecular weight excluding hydrogens is 397 g/mol. The molecule has 0 unspecified atom stereocenters. The Morgan fingerprint density at radius 1 is 1.00 bits per heavy atom. The largest absolute Gasteiger partial charge is 0.483 e. The summed E-state index contributed by atoms with van der Waals surface area (Å²) < 4.78 is 23.3. The number of ether oxygens (including phenoxy) is 1. The van der Waals surface area contributed by atoms with Gasteiger partial charge in [-0.2, -0.15) is 0 Å². The number of fused-ring (bicyclic) bond motifs is 5. The van der Waals surface area contributed by atoms with Crippen molar-refractivity contribution in [2.75, 3.05) is 0 Å². The van der Waals surface area contributed by atoms with Crippen LogP contribution in [0.2, 0.25) is 0 Å². The molecular formula is C29H30FNO. The molecule has 2 nitrogen and oxygen atoms in total. The van der Waals surface area contributed by atoms with Crippen LogP contribution in [0, 0.1) is 12.7 Å². The fraction of sp³-hybridized carbons (Fsp3) is 0.310. The molecule has 0 aliphatic carbocycles. The first-order valence-electron chi connectivity index (χ1n) is 11.3. The number of hydrogen-bond donors (Lipinski definition) is 0. The number of nitrogens with zero attached hydrogens (tertiary/aromatic N) is 1. The summed E-state index contributed by atoms with van der Waals surface area (Å²) in [6.45, 7) is 13.4. The Labute approximate surface area is 189 Å². The average molecular weight is 428 g/mol. The molecule has 0 saturated heterocycles. The minimum absolute atomic E-state index is 0.0461. The average Bonchev–Trinajstić information content (AvgIpc) is 3.01. The highest BCUT2D eigenvalue weighted by Gasteiger charge is 2.27. The number of halogens is 1. The lowest BCUT2D eigenvalue weighted by molar-refractivity contribution is 0.158. The maximum absolute atomic E-state index is 14.7. The number of rotatable bonds is 2. The van der Waals surface area contributed by atoms with Crippen molar-refractivity contribution >= 4 is 27.9 Å². The third-order valence-electron chi connectivity index (χ3n) is 6.49. The highest BCUT2D eigenvalue weighted by atomic mass is 19.1. The molecule has 32 heavy (non-hydrogen) atoms. The summed E-state index contributed by atoms with van der Waals surface area (Å²) in [5.41, 5.74) is 6.07. The van der Waals surface area contributed by atoms with Crippen LogP contribution in [-0.4, -0.2) is 10.2 Å². The molecule has 164 valence electrons. The third kappa shape index (κ3) is 3.31. The van der Waals surface area contributed by atoms with E-state index in [1.807, 2.05) is 12.1 Å². The minimum atomic E-state index is -0.354. The number of aryl methyl sites for hydroxylation is 1. The molecule has 0 saturated carbocycles. The molecule has 1 aliphatic rings. The zero-order valence-corrected chi connectivity index (χ0v) is 19.7. The first-order valence-corrected chi connectivity index (χ1v) is 11.3. The van der Waals surface area contributed by atoms with Gasteiger partial charge in [0.05, 0.1) is 12.1 Å². The summed E-state index contributed by atoms with van der Waals surface area (Å²) in [5, 5.41) is 2.39. The topological polar surface area (TPSA) is 14.2 Å². The van der Waals surface area contributed by atoms with E-state index >= 15 is 0 Å². The molecule has 0 spiro atoms. The van der Waals surface area contributed by atoms with Crippen LogP contribution in [0.25, 0.3) is 27.9 Å². The SMILES string of the molecule is Cc1cc2c3cc(C(C)(C)C)ccc3n(Cc3ccccc3F)c2c2c1OC(C)(C)C=C2. The summed E-state index contributed by atoms with van der Waals surface area (Å²) in [5.74, 6) is 0.737. The van der Waals surface area contributed by atoms with Crippen LogP contribution in [0.5, 0.6) is 5.75 Å². The fourth-order valence-electron chi connectivity index (χ4n) is 4.72. The second-order valence-corrected chi connectivity index (χ2v) is 10.5. The highest BCUT2D eigenvalue weighted by Crippen LogP contribution is 2.43. The van der Waals surface area contributed by atoms with Gasteiger partial charge in [0.2, 0.25) is 0 Å². The quantitative estimate of drug-likeness (QED) is 0.319. The second-order valence-electron chi connectivity index (χ2n) is 10.5. The van der Waals surface area contributed by atoms with E-state index in [1.165, 1.54) is 22.4 Å². The number of aromatic nitrogens is 1. The molecule has 1 aromatic heterocycles. The molecule has 4 aromatic rings. The molecule has 3 aromatic carbocycles. The van der Waals surface area contributed by atoms with E-state index < -0.39 is 0 Å². The van der Waals surface area contributed by atoms with Gasteiger partial charge in [0.25, 0.3) is 0 Å². The maximum atomic E-state index is 14.7. The predicted octanol–water partition coefficient (Wildman–Crippen LogP) is 7.77. The van der Waals surface area contributed by atoms with Crippen molar-refractivity contribution in [1.82, 2.24) is 4.57 Å². The Bertz CT molecular complexity index is 1400. The van der Waals surface area contributed by atoms with Crippen LogP contribution in [-0.2, 0) is 12.0 Å². The maximum Gasteiger partial charge on any atom is 0.132 e. The predicted molar refractivity (Wildman–Crippen MR) is 132 cm³/mol. The second kappa shape index (κ2) is 6.96. The zero-order chi connectivity index (χ0) is 22.8. The van der Waals surface area contributed by atoms with Gasteiger partial charge in [-0.15, -0.1) is 0 Å². The standard InChI is InChI=1S/C29H30FNO/c1-18-15-23-22-16-20(28(2,3)4)11-12-25(22)31(17-19-9-7-8-10-24(19)30)26(23)21-13-14-29(5,6)32-27(18)21/h7-16H,17H2,1-6H3. The highest BCUT2D eigenvalue weighted by molar-refractivity contribution is 6.12. The third-order valence-corrected chi connectivity index (χ3v) is 6.49. The van der Waals surface area contributed by atoms with E-state index in [4.69, 9.17) is 4.74 Å². The van der Waals surface area contributed by atoms with Crippen LogP contribution in [0.3, 0.4) is 0 Å². The molecule has 5 rings (SSSR count). The van der Waals surface area contributed by atoms with Gasteiger partial charge in [0.1, 0.15) is 17.2 Å². The van der Waals surface area contributed by atoms with Gasteiger partial charge in [-0.3, -0.25) is 0 Å². The van der Waals surface area contributed by atoms with Crippen molar-refractivity contribution in [3.05, 3.63) is 82.7 Å². The molecule has 0 atom stereocenters. The summed E-state index contributed by atoms with van der Waals surface area (Å²) in [6, 6.07) is 16.0. The van der Waals surface area contributed by atoms with E-state index in [2.05, 4.69) is 82.5 Å². The van der Waals surface area contributed by atoms with E-state index in [1.54, 1.807) is 6.07 Å². The summed E-state index contributed by atoms with van der Waals surface area (Å²) >= 11 is 0. The molecule has 1 aliphatic heterocycles. The van der Waals surface area contributed by atoms with E-state index in [0.717, 1.165) is 27.9 Å². The number of benzene rings is 3. The van der Waals surface area contributed by atoms with Gasteiger partial charge in [0, 0.05) is 27.4 Å². The van der Waals surface area contributed by atoms with Crippen molar-refractivity contribution < 1.29 is 9.13 Å². The van der Waals surface area contributed by atoms with Gasteiger partial charge in [-0.25, -0.2) is 4.39 Å². The molecule has 2 heterocycles. The molecule has 0 bridgehead atoms. The van der Waals surface area contributed by atoms with E-state index in [9.17, 15) is 4.39 Å². The van der Waals surface area contributed by atoms with Crippen molar-refractivity contribution in [1.29, 1.82) is 0 Å². The van der Waals surface area contributed by atoms with E-state index in [-0.39, 0.29) is 16.8 Å². The molecule has 0 radical (unpaired) electrons. The van der Waals surface area contributed by atoms with Gasteiger partial charge in [0.15, 0.2) is 0 Å². The summed E-state index contributed by atoms with van der Waals surface area (Å²) in [6.07, 6.45) is 4.29. The first kappa shape index (κ1) is 20.8. The molecule has 0 amide bonds. The summed E-state index contributed by atoms with van der Waals surface area (Å²) in [4.78, 5) is 0. The van der Waals surface area contributed by atoms with Crippen molar-refractivity contribution in [2.45, 2.75) is 59.1 Å². The van der Waals surface area contributed by atoms with E-state index in [0.29, 0.717) is 12.1 Å². The first-order chi connectivity index (χ1) is 15.0. The molecule has 3 heteroatoms. The Hall–Kier alpha value is -3.07. The van der Waals surface area contributed by atoms with Crippen molar-refractivity contribution in [3.8, 4) is 5.75 Å². The zero-order valence-electron chi connectivity index (χ0n) is 19.7. The monoisotopic (exact) mass is 427 g/mol. The molecule has 0 N–H and O–H groups in total. The van der Waals surface area contributed by atoms with Crippen molar-refractivity contribution in [2.24, 2.45) is 0 Å². The minimum Gasteiger partial charge on any atom is -0.483 e. The van der Waals surface area contributed by atoms with Crippen LogP contribution < -0.4 is 4.74 Å². The van der Waals surface area contributed by atoms with Gasteiger partial charge < -0.3 is 9.30 Å². The Morgan fingerprint density at radius 3 is 2.47 bits per heavy atom. The van der Waals surface area contributed by atoms with Crippen LogP contribution in [0.15, 0.2) is 54.6 Å². The fourth-order valence-corrected chi connectivity index (χ4v) is 4.72. The van der Waals surface area contributed by atoms with Gasteiger partial charge in [-0.1, -0.05) is 45.0 Å². The lowest BCUT2D eigenvalue weighted by Crippen LogP contribution is -2.28.